The first-order valence-corrected chi connectivity index (χ1v) is 22.2. The summed E-state index contributed by atoms with van der Waals surface area (Å²) >= 11 is 0. The molecular formula is C63H44N2. The molecule has 0 saturated carbocycles. The molecular weight excluding hydrogens is 785 g/mol. The molecule has 0 saturated heterocycles. The Bertz CT molecular complexity index is 3340. The SMILES string of the molecule is c1ccc(-c2cc(-c3cccc(-c4ccc(-n5c(-c6ccccc6)nc(-c6ccccc6)c5-c5ccccc5)cc4)c3)c(-c3ccccc3)c(-c3ccccc3)c2-c2ccccc2)cc1. The third-order valence-electron chi connectivity index (χ3n) is 12.2. The highest BCUT2D eigenvalue weighted by Gasteiger charge is 2.25. The van der Waals surface area contributed by atoms with Crippen LogP contribution < -0.4 is 0 Å². The third kappa shape index (κ3) is 7.69. The number of benzene rings is 10. The van der Waals surface area contributed by atoms with Crippen LogP contribution in [0.4, 0.5) is 0 Å². The number of aromatic nitrogens is 2. The zero-order chi connectivity index (χ0) is 43.4. The van der Waals surface area contributed by atoms with E-state index in [1.54, 1.807) is 0 Å². The van der Waals surface area contributed by atoms with Gasteiger partial charge >= 0.3 is 0 Å². The first-order valence-electron chi connectivity index (χ1n) is 22.2. The zero-order valence-corrected chi connectivity index (χ0v) is 35.8. The van der Waals surface area contributed by atoms with E-state index in [1.165, 1.54) is 50.1 Å². The lowest BCUT2D eigenvalue weighted by molar-refractivity contribution is 1.07. The fourth-order valence-corrected chi connectivity index (χ4v) is 9.24. The normalized spacial score (nSPS) is 11.1. The van der Waals surface area contributed by atoms with Crippen LogP contribution in [-0.2, 0) is 0 Å². The predicted molar refractivity (Wildman–Crippen MR) is 272 cm³/mol. The Balaban J connectivity index is 1.10. The van der Waals surface area contributed by atoms with Gasteiger partial charge in [-0.1, -0.05) is 243 Å². The van der Waals surface area contributed by atoms with Crippen molar-refractivity contribution in [2.24, 2.45) is 0 Å². The van der Waals surface area contributed by atoms with Gasteiger partial charge in [0.2, 0.25) is 0 Å². The summed E-state index contributed by atoms with van der Waals surface area (Å²) in [5.74, 6) is 0.897. The van der Waals surface area contributed by atoms with Gasteiger partial charge in [0, 0.05) is 22.4 Å². The molecule has 2 nitrogen and oxygen atoms in total. The van der Waals surface area contributed by atoms with Gasteiger partial charge in [-0.3, -0.25) is 4.57 Å². The predicted octanol–water partition coefficient (Wildman–Crippen LogP) is 16.9. The van der Waals surface area contributed by atoms with Gasteiger partial charge in [0.1, 0.15) is 5.82 Å². The molecule has 0 atom stereocenters. The molecule has 2 heteroatoms. The molecule has 0 fully saturated rings. The van der Waals surface area contributed by atoms with Gasteiger partial charge < -0.3 is 0 Å². The Hall–Kier alpha value is -8.59. The van der Waals surface area contributed by atoms with Crippen LogP contribution >= 0.6 is 0 Å². The number of hydrogen-bond acceptors (Lipinski definition) is 1. The second-order valence-corrected chi connectivity index (χ2v) is 16.3. The van der Waals surface area contributed by atoms with Crippen molar-refractivity contribution in [3.8, 4) is 106 Å². The Kier molecular flexibility index (Phi) is 10.7. The van der Waals surface area contributed by atoms with Crippen molar-refractivity contribution in [3.63, 3.8) is 0 Å². The van der Waals surface area contributed by atoms with E-state index < -0.39 is 0 Å². The first-order chi connectivity index (χ1) is 32.3. The van der Waals surface area contributed by atoms with E-state index in [1.807, 2.05) is 0 Å². The smallest absolute Gasteiger partial charge is 0.145 e. The molecule has 11 aromatic rings. The largest absolute Gasteiger partial charge is 0.292 e. The molecule has 1 aromatic heterocycles. The van der Waals surface area contributed by atoms with Crippen LogP contribution in [-0.4, -0.2) is 9.55 Å². The Morgan fingerprint density at radius 2 is 0.631 bits per heavy atom. The Morgan fingerprint density at radius 3 is 1.14 bits per heavy atom. The lowest BCUT2D eigenvalue weighted by Gasteiger charge is -2.24. The maximum atomic E-state index is 5.41. The van der Waals surface area contributed by atoms with Crippen LogP contribution in [0.3, 0.4) is 0 Å². The van der Waals surface area contributed by atoms with Crippen molar-refractivity contribution in [1.82, 2.24) is 9.55 Å². The van der Waals surface area contributed by atoms with Crippen molar-refractivity contribution in [3.05, 3.63) is 267 Å². The number of imidazole rings is 1. The molecule has 1 heterocycles. The van der Waals surface area contributed by atoms with Crippen molar-refractivity contribution in [2.45, 2.75) is 0 Å². The van der Waals surface area contributed by atoms with E-state index in [0.29, 0.717) is 0 Å². The minimum atomic E-state index is 0.897. The molecule has 0 radical (unpaired) electrons. The van der Waals surface area contributed by atoms with Gasteiger partial charge in [0.25, 0.3) is 0 Å². The molecule has 11 rings (SSSR count). The lowest BCUT2D eigenvalue weighted by Crippen LogP contribution is -2.00. The first kappa shape index (κ1) is 39.3. The van der Waals surface area contributed by atoms with Gasteiger partial charge in [-0.15, -0.1) is 0 Å². The summed E-state index contributed by atoms with van der Waals surface area (Å²) in [7, 11) is 0. The zero-order valence-electron chi connectivity index (χ0n) is 35.8. The molecule has 0 aliphatic rings. The highest BCUT2D eigenvalue weighted by atomic mass is 15.1. The number of hydrogen-bond donors (Lipinski definition) is 0. The molecule has 0 N–H and O–H groups in total. The summed E-state index contributed by atoms with van der Waals surface area (Å²) in [6, 6.07) is 95.6. The quantitative estimate of drug-likeness (QED) is 0.134. The topological polar surface area (TPSA) is 17.8 Å². The van der Waals surface area contributed by atoms with Gasteiger partial charge in [-0.25, -0.2) is 4.98 Å². The van der Waals surface area contributed by atoms with Gasteiger partial charge in [-0.05, 0) is 91.0 Å². The molecule has 65 heavy (non-hydrogen) atoms. The average Bonchev–Trinajstić information content (AvgIpc) is 3.81. The number of nitrogens with zero attached hydrogens (tertiary/aromatic N) is 2. The van der Waals surface area contributed by atoms with E-state index in [4.69, 9.17) is 4.98 Å². The maximum Gasteiger partial charge on any atom is 0.145 e. The van der Waals surface area contributed by atoms with Gasteiger partial charge in [0.15, 0.2) is 0 Å². The average molecular weight is 829 g/mol. The van der Waals surface area contributed by atoms with E-state index in [0.717, 1.165) is 56.3 Å². The molecule has 0 aliphatic heterocycles. The fourth-order valence-electron chi connectivity index (χ4n) is 9.24. The Labute approximate surface area is 381 Å². The summed E-state index contributed by atoms with van der Waals surface area (Å²) in [6.45, 7) is 0. The maximum absolute atomic E-state index is 5.41. The molecule has 0 amide bonds. The molecule has 0 aliphatic carbocycles. The summed E-state index contributed by atoms with van der Waals surface area (Å²) < 4.78 is 2.32. The lowest BCUT2D eigenvalue weighted by atomic mass is 9.78. The standard InChI is InChI=1S/C63H44N2/c1-8-23-46(24-9-1)56-44-57(59(48-27-12-3-13-28-48)60(49-29-14-4-15-30-49)58(56)47-25-10-2-11-26-47)54-38-22-37-53(43-54)45-39-41-55(42-40-45)65-62(51-33-18-6-19-34-51)61(50-31-16-5-17-32-50)64-63(65)52-35-20-7-21-36-52/h1-44H. The van der Waals surface area contributed by atoms with Crippen LogP contribution in [0.25, 0.3) is 106 Å². The molecule has 0 unspecified atom stereocenters. The monoisotopic (exact) mass is 828 g/mol. The van der Waals surface area contributed by atoms with Crippen LogP contribution in [0.15, 0.2) is 267 Å². The van der Waals surface area contributed by atoms with E-state index in [9.17, 15) is 0 Å². The summed E-state index contributed by atoms with van der Waals surface area (Å²) in [5, 5.41) is 0. The summed E-state index contributed by atoms with van der Waals surface area (Å²) in [4.78, 5) is 5.41. The van der Waals surface area contributed by atoms with E-state index in [-0.39, 0.29) is 0 Å². The van der Waals surface area contributed by atoms with Crippen LogP contribution in [0.2, 0.25) is 0 Å². The summed E-state index contributed by atoms with van der Waals surface area (Å²) in [6.07, 6.45) is 0. The third-order valence-corrected chi connectivity index (χ3v) is 12.2. The summed E-state index contributed by atoms with van der Waals surface area (Å²) in [5.41, 5.74) is 20.4. The molecule has 0 spiro atoms. The second kappa shape index (κ2) is 17.6. The van der Waals surface area contributed by atoms with Crippen LogP contribution in [0.5, 0.6) is 0 Å². The van der Waals surface area contributed by atoms with Crippen LogP contribution in [0.1, 0.15) is 0 Å². The highest BCUT2D eigenvalue weighted by Crippen LogP contribution is 2.50. The Morgan fingerprint density at radius 1 is 0.246 bits per heavy atom. The molecule has 306 valence electrons. The van der Waals surface area contributed by atoms with Gasteiger partial charge in [-0.2, -0.15) is 0 Å². The van der Waals surface area contributed by atoms with E-state index >= 15 is 0 Å². The second-order valence-electron chi connectivity index (χ2n) is 16.3. The van der Waals surface area contributed by atoms with Crippen molar-refractivity contribution in [1.29, 1.82) is 0 Å². The molecule has 0 bridgehead atoms. The highest BCUT2D eigenvalue weighted by molar-refractivity contribution is 6.07. The van der Waals surface area contributed by atoms with Crippen molar-refractivity contribution in [2.75, 3.05) is 0 Å². The minimum Gasteiger partial charge on any atom is -0.292 e. The fraction of sp³-hybridized carbons (Fsp3) is 0. The van der Waals surface area contributed by atoms with Crippen molar-refractivity contribution >= 4 is 0 Å². The molecule has 10 aromatic carbocycles. The van der Waals surface area contributed by atoms with Gasteiger partial charge in [0.05, 0.1) is 11.4 Å². The minimum absolute atomic E-state index is 0.897. The number of rotatable bonds is 10. The van der Waals surface area contributed by atoms with Crippen LogP contribution in [0, 0.1) is 0 Å². The van der Waals surface area contributed by atoms with Crippen molar-refractivity contribution < 1.29 is 0 Å². The van der Waals surface area contributed by atoms with E-state index in [2.05, 4.69) is 271 Å².